The van der Waals surface area contributed by atoms with Crippen LogP contribution >= 0.6 is 11.6 Å². The number of sulfonamides is 1. The van der Waals surface area contributed by atoms with Gasteiger partial charge in [0.15, 0.2) is 0 Å². The first-order chi connectivity index (χ1) is 11.2. The number of amides is 1. The maximum Gasteiger partial charge on any atom is 0.241 e. The molecule has 2 aliphatic rings. The summed E-state index contributed by atoms with van der Waals surface area (Å²) < 4.78 is 25.4. The fourth-order valence-electron chi connectivity index (χ4n) is 3.94. The van der Waals surface area contributed by atoms with Crippen LogP contribution in [0.15, 0.2) is 18.2 Å². The first-order valence-corrected chi connectivity index (χ1v) is 10.5. The summed E-state index contributed by atoms with van der Waals surface area (Å²) >= 11 is 6.10. The lowest BCUT2D eigenvalue weighted by Gasteiger charge is -2.26. The number of hydrogen-bond donors (Lipinski definition) is 1. The number of rotatable bonds is 5. The summed E-state index contributed by atoms with van der Waals surface area (Å²) in [7, 11) is -3.57. The number of carbonyl (C=O) groups excluding carboxylic acids is 1. The largest absolute Gasteiger partial charge is 0.352 e. The van der Waals surface area contributed by atoms with Gasteiger partial charge in [0.2, 0.25) is 15.9 Å². The van der Waals surface area contributed by atoms with Crippen LogP contribution in [0.1, 0.15) is 31.2 Å². The number of nitrogens with one attached hydrogen (secondary N) is 1. The minimum absolute atomic E-state index is 0.194. The van der Waals surface area contributed by atoms with Crippen LogP contribution in [-0.4, -0.2) is 33.2 Å². The normalized spacial score (nSPS) is 25.7. The zero-order valence-electron chi connectivity index (χ0n) is 14.0. The molecule has 1 amide bonds. The van der Waals surface area contributed by atoms with Crippen LogP contribution in [0, 0.1) is 18.8 Å². The number of benzene rings is 1. The van der Waals surface area contributed by atoms with E-state index in [4.69, 9.17) is 11.6 Å². The van der Waals surface area contributed by atoms with E-state index in [0.29, 0.717) is 16.6 Å². The molecule has 5 nitrogen and oxygen atoms in total. The number of anilines is 1. The van der Waals surface area contributed by atoms with Gasteiger partial charge in [-0.2, -0.15) is 0 Å². The van der Waals surface area contributed by atoms with Gasteiger partial charge in [-0.05, 0) is 55.7 Å². The highest BCUT2D eigenvalue weighted by Gasteiger charge is 2.40. The molecule has 24 heavy (non-hydrogen) atoms. The first kappa shape index (κ1) is 17.5. The second-order valence-electron chi connectivity index (χ2n) is 7.05. The fraction of sp³-hybridized carbons (Fsp3) is 0.588. The monoisotopic (exact) mass is 370 g/mol. The first-order valence-electron chi connectivity index (χ1n) is 8.27. The van der Waals surface area contributed by atoms with Crippen molar-refractivity contribution in [3.05, 3.63) is 28.8 Å². The molecule has 0 saturated heterocycles. The number of carbonyl (C=O) groups is 1. The van der Waals surface area contributed by atoms with Crippen molar-refractivity contribution < 1.29 is 13.2 Å². The predicted molar refractivity (Wildman–Crippen MR) is 95.8 cm³/mol. The van der Waals surface area contributed by atoms with Gasteiger partial charge in [0.05, 0.1) is 11.9 Å². The molecule has 7 heteroatoms. The standard InChI is InChI=1S/C17H23ClN2O3S/c1-11-3-6-14(9-15(11)18)20(24(2,22)23)10-17(21)19-16-8-12-4-5-13(16)7-12/h3,6,9,12-13,16H,4-5,7-8,10H2,1-2H3,(H,19,21)/t12-,13-,16-/m0/s1. The second kappa shape index (κ2) is 6.56. The van der Waals surface area contributed by atoms with Gasteiger partial charge in [-0.3, -0.25) is 9.10 Å². The topological polar surface area (TPSA) is 66.5 Å². The predicted octanol–water partition coefficient (Wildman–Crippen LogP) is 2.72. The molecule has 1 N–H and O–H groups in total. The summed E-state index contributed by atoms with van der Waals surface area (Å²) in [5, 5.41) is 3.51. The Labute approximate surface area is 148 Å². The van der Waals surface area contributed by atoms with E-state index in [0.717, 1.165) is 28.5 Å². The highest BCUT2D eigenvalue weighted by Crippen LogP contribution is 2.44. The van der Waals surface area contributed by atoms with E-state index in [2.05, 4.69) is 5.32 Å². The summed E-state index contributed by atoms with van der Waals surface area (Å²) in [4.78, 5) is 12.4. The third kappa shape index (κ3) is 3.70. The molecular weight excluding hydrogens is 348 g/mol. The van der Waals surface area contributed by atoms with Gasteiger partial charge in [0, 0.05) is 11.1 Å². The molecular formula is C17H23ClN2O3S. The molecule has 2 fully saturated rings. The minimum Gasteiger partial charge on any atom is -0.352 e. The summed E-state index contributed by atoms with van der Waals surface area (Å²) in [5.41, 5.74) is 1.27. The maximum absolute atomic E-state index is 12.4. The number of hydrogen-bond acceptors (Lipinski definition) is 3. The summed E-state index contributed by atoms with van der Waals surface area (Å²) in [6.45, 7) is 1.63. The molecule has 0 radical (unpaired) electrons. The van der Waals surface area contributed by atoms with E-state index in [9.17, 15) is 13.2 Å². The quantitative estimate of drug-likeness (QED) is 0.866. The van der Waals surface area contributed by atoms with Crippen LogP contribution in [0.3, 0.4) is 0 Å². The molecule has 0 spiro atoms. The molecule has 2 saturated carbocycles. The molecule has 2 bridgehead atoms. The van der Waals surface area contributed by atoms with Crippen molar-refractivity contribution in [3.8, 4) is 0 Å². The van der Waals surface area contributed by atoms with Crippen LogP contribution < -0.4 is 9.62 Å². The van der Waals surface area contributed by atoms with E-state index < -0.39 is 10.0 Å². The van der Waals surface area contributed by atoms with E-state index in [-0.39, 0.29) is 18.5 Å². The molecule has 132 valence electrons. The lowest BCUT2D eigenvalue weighted by Crippen LogP contribution is -2.45. The summed E-state index contributed by atoms with van der Waals surface area (Å²) in [6.07, 6.45) is 5.73. The summed E-state index contributed by atoms with van der Waals surface area (Å²) in [5.74, 6) is 1.02. The van der Waals surface area contributed by atoms with Crippen molar-refractivity contribution in [2.75, 3.05) is 17.1 Å². The van der Waals surface area contributed by atoms with Gasteiger partial charge in [-0.25, -0.2) is 8.42 Å². The van der Waals surface area contributed by atoms with Gasteiger partial charge in [-0.15, -0.1) is 0 Å². The number of fused-ring (bicyclic) bond motifs is 2. The van der Waals surface area contributed by atoms with E-state index >= 15 is 0 Å². The molecule has 1 aromatic carbocycles. The van der Waals surface area contributed by atoms with Crippen LogP contribution in [0.25, 0.3) is 0 Å². The third-order valence-electron chi connectivity index (χ3n) is 5.22. The van der Waals surface area contributed by atoms with Crippen LogP contribution in [-0.2, 0) is 14.8 Å². The van der Waals surface area contributed by atoms with Gasteiger partial charge in [0.25, 0.3) is 0 Å². The Morgan fingerprint density at radius 2 is 2.08 bits per heavy atom. The Morgan fingerprint density at radius 3 is 2.62 bits per heavy atom. The average molecular weight is 371 g/mol. The van der Waals surface area contributed by atoms with Gasteiger partial charge in [0.1, 0.15) is 6.54 Å². The molecule has 2 aliphatic carbocycles. The van der Waals surface area contributed by atoms with E-state index in [1.165, 1.54) is 19.3 Å². The average Bonchev–Trinajstić information content (AvgIpc) is 3.09. The van der Waals surface area contributed by atoms with Gasteiger partial charge < -0.3 is 5.32 Å². The molecule has 0 unspecified atom stereocenters. The number of nitrogens with zero attached hydrogens (tertiary/aromatic N) is 1. The minimum atomic E-state index is -3.57. The fourth-order valence-corrected chi connectivity index (χ4v) is 4.96. The molecule has 0 aliphatic heterocycles. The highest BCUT2D eigenvalue weighted by atomic mass is 35.5. The van der Waals surface area contributed by atoms with Crippen LogP contribution in [0.2, 0.25) is 5.02 Å². The lowest BCUT2D eigenvalue weighted by atomic mass is 9.95. The molecule has 3 atom stereocenters. The van der Waals surface area contributed by atoms with E-state index in [1.807, 2.05) is 6.92 Å². The van der Waals surface area contributed by atoms with Crippen LogP contribution in [0.5, 0.6) is 0 Å². The summed E-state index contributed by atoms with van der Waals surface area (Å²) in [6, 6.07) is 5.21. The van der Waals surface area contributed by atoms with E-state index in [1.54, 1.807) is 18.2 Å². The Hall–Kier alpha value is -1.27. The third-order valence-corrected chi connectivity index (χ3v) is 6.76. The SMILES string of the molecule is Cc1ccc(N(CC(=O)N[C@H]2C[C@H]3CC[C@H]2C3)S(C)(=O)=O)cc1Cl. The smallest absolute Gasteiger partial charge is 0.241 e. The van der Waals surface area contributed by atoms with Crippen molar-refractivity contribution in [2.24, 2.45) is 11.8 Å². The van der Waals surface area contributed by atoms with Crippen molar-refractivity contribution >= 4 is 33.2 Å². The number of aryl methyl sites for hydroxylation is 1. The second-order valence-corrected chi connectivity index (χ2v) is 9.37. The Kier molecular flexibility index (Phi) is 4.80. The highest BCUT2D eigenvalue weighted by molar-refractivity contribution is 7.92. The van der Waals surface area contributed by atoms with Gasteiger partial charge in [-0.1, -0.05) is 24.1 Å². The lowest BCUT2D eigenvalue weighted by molar-refractivity contribution is -0.120. The van der Waals surface area contributed by atoms with Crippen molar-refractivity contribution in [1.29, 1.82) is 0 Å². The van der Waals surface area contributed by atoms with Crippen molar-refractivity contribution in [3.63, 3.8) is 0 Å². The number of halogens is 1. The Balaban J connectivity index is 1.72. The molecule has 3 rings (SSSR count). The zero-order chi connectivity index (χ0) is 17.5. The molecule has 0 heterocycles. The Morgan fingerprint density at radius 1 is 1.33 bits per heavy atom. The molecule has 0 aromatic heterocycles. The Bertz CT molecular complexity index is 750. The van der Waals surface area contributed by atoms with Crippen molar-refractivity contribution in [2.45, 2.75) is 38.6 Å². The van der Waals surface area contributed by atoms with Crippen molar-refractivity contribution in [1.82, 2.24) is 5.32 Å². The van der Waals surface area contributed by atoms with Gasteiger partial charge >= 0.3 is 0 Å². The molecule has 1 aromatic rings. The maximum atomic E-state index is 12.4. The zero-order valence-corrected chi connectivity index (χ0v) is 15.5. The van der Waals surface area contributed by atoms with Crippen LogP contribution in [0.4, 0.5) is 5.69 Å².